The van der Waals surface area contributed by atoms with Crippen LogP contribution in [-0.4, -0.2) is 23.1 Å². The average molecular weight is 241 g/mol. The maximum Gasteiger partial charge on any atom is 0.223 e. The zero-order valence-corrected chi connectivity index (χ0v) is 10.2. The fourth-order valence-electron chi connectivity index (χ4n) is 2.26. The van der Waals surface area contributed by atoms with Gasteiger partial charge in [0, 0.05) is 19.2 Å². The number of aromatic nitrogens is 2. The summed E-state index contributed by atoms with van der Waals surface area (Å²) in [5.41, 5.74) is 5.59. The highest BCUT2D eigenvalue weighted by molar-refractivity contribution is 6.29. The van der Waals surface area contributed by atoms with Crippen molar-refractivity contribution in [1.82, 2.24) is 9.97 Å². The van der Waals surface area contributed by atoms with Gasteiger partial charge in [-0.15, -0.1) is 0 Å². The van der Waals surface area contributed by atoms with E-state index in [1.807, 2.05) is 7.05 Å². The maximum absolute atomic E-state index is 5.88. The van der Waals surface area contributed by atoms with E-state index in [9.17, 15) is 0 Å². The summed E-state index contributed by atoms with van der Waals surface area (Å²) < 4.78 is 0. The Morgan fingerprint density at radius 1 is 1.31 bits per heavy atom. The van der Waals surface area contributed by atoms with Gasteiger partial charge >= 0.3 is 0 Å². The minimum atomic E-state index is 0.241. The highest BCUT2D eigenvalue weighted by Gasteiger charge is 2.19. The molecule has 0 saturated heterocycles. The van der Waals surface area contributed by atoms with Gasteiger partial charge in [0.1, 0.15) is 11.0 Å². The third-order valence-electron chi connectivity index (χ3n) is 3.18. The lowest BCUT2D eigenvalue weighted by Crippen LogP contribution is -2.34. The molecule has 16 heavy (non-hydrogen) atoms. The molecule has 0 spiro atoms. The summed E-state index contributed by atoms with van der Waals surface area (Å²) in [6.07, 6.45) is 6.37. The van der Waals surface area contributed by atoms with Gasteiger partial charge in [-0.05, 0) is 12.8 Å². The zero-order valence-electron chi connectivity index (χ0n) is 9.49. The largest absolute Gasteiger partial charge is 0.368 e. The van der Waals surface area contributed by atoms with E-state index in [-0.39, 0.29) is 5.95 Å². The quantitative estimate of drug-likeness (QED) is 0.807. The van der Waals surface area contributed by atoms with Crippen molar-refractivity contribution in [2.24, 2.45) is 0 Å². The molecule has 5 heteroatoms. The van der Waals surface area contributed by atoms with E-state index in [2.05, 4.69) is 14.9 Å². The van der Waals surface area contributed by atoms with E-state index in [4.69, 9.17) is 17.3 Å². The van der Waals surface area contributed by atoms with Gasteiger partial charge in [0.25, 0.3) is 0 Å². The summed E-state index contributed by atoms with van der Waals surface area (Å²) in [6, 6.07) is 2.33. The Kier molecular flexibility index (Phi) is 3.49. The van der Waals surface area contributed by atoms with Crippen molar-refractivity contribution in [3.05, 3.63) is 11.2 Å². The third-order valence-corrected chi connectivity index (χ3v) is 3.38. The molecule has 0 aliphatic heterocycles. The van der Waals surface area contributed by atoms with Crippen LogP contribution in [-0.2, 0) is 0 Å². The van der Waals surface area contributed by atoms with Crippen LogP contribution in [0.5, 0.6) is 0 Å². The molecule has 0 aromatic carbocycles. The van der Waals surface area contributed by atoms with Crippen molar-refractivity contribution in [2.45, 2.75) is 38.1 Å². The predicted molar refractivity (Wildman–Crippen MR) is 66.7 cm³/mol. The minimum absolute atomic E-state index is 0.241. The second kappa shape index (κ2) is 4.87. The van der Waals surface area contributed by atoms with Crippen LogP contribution in [0.2, 0.25) is 5.15 Å². The first-order valence-corrected chi connectivity index (χ1v) is 6.07. The van der Waals surface area contributed by atoms with E-state index < -0.39 is 0 Å². The molecule has 1 aromatic rings. The predicted octanol–water partition coefficient (Wildman–Crippen LogP) is 2.48. The fraction of sp³-hybridized carbons (Fsp3) is 0.636. The van der Waals surface area contributed by atoms with E-state index in [0.717, 1.165) is 5.82 Å². The lowest BCUT2D eigenvalue weighted by Gasteiger charge is -2.32. The highest BCUT2D eigenvalue weighted by Crippen LogP contribution is 2.26. The lowest BCUT2D eigenvalue weighted by molar-refractivity contribution is 0.426. The smallest absolute Gasteiger partial charge is 0.223 e. The van der Waals surface area contributed by atoms with Gasteiger partial charge in [0.2, 0.25) is 5.95 Å². The standard InChI is InChI=1S/C11H17ClN4/c1-16(8-5-3-2-4-6-8)10-7-9(12)14-11(13)15-10/h7-8H,2-6H2,1H3,(H2,13,14,15). The molecule has 4 nitrogen and oxygen atoms in total. The molecule has 1 aliphatic rings. The monoisotopic (exact) mass is 240 g/mol. The molecule has 1 aromatic heterocycles. The Morgan fingerprint density at radius 2 is 2.00 bits per heavy atom. The van der Waals surface area contributed by atoms with Crippen LogP contribution in [0.1, 0.15) is 32.1 Å². The Morgan fingerprint density at radius 3 is 2.62 bits per heavy atom. The van der Waals surface area contributed by atoms with Crippen LogP contribution in [0.25, 0.3) is 0 Å². The molecule has 0 radical (unpaired) electrons. The van der Waals surface area contributed by atoms with Crippen molar-refractivity contribution >= 4 is 23.4 Å². The minimum Gasteiger partial charge on any atom is -0.368 e. The van der Waals surface area contributed by atoms with Crippen molar-refractivity contribution in [1.29, 1.82) is 0 Å². The van der Waals surface area contributed by atoms with Crippen molar-refractivity contribution < 1.29 is 0 Å². The summed E-state index contributed by atoms with van der Waals surface area (Å²) in [4.78, 5) is 10.3. The molecule has 1 heterocycles. The van der Waals surface area contributed by atoms with Gasteiger partial charge in [-0.1, -0.05) is 30.9 Å². The van der Waals surface area contributed by atoms with Crippen LogP contribution in [0.3, 0.4) is 0 Å². The number of halogens is 1. The van der Waals surface area contributed by atoms with E-state index in [1.54, 1.807) is 6.07 Å². The first kappa shape index (κ1) is 11.5. The molecule has 1 saturated carbocycles. The molecule has 0 unspecified atom stereocenters. The number of rotatable bonds is 2. The Bertz CT molecular complexity index is 343. The van der Waals surface area contributed by atoms with Crippen molar-refractivity contribution in [2.75, 3.05) is 17.7 Å². The maximum atomic E-state index is 5.88. The van der Waals surface area contributed by atoms with Gasteiger partial charge in [-0.2, -0.15) is 4.98 Å². The van der Waals surface area contributed by atoms with Crippen LogP contribution >= 0.6 is 11.6 Å². The number of anilines is 2. The van der Waals surface area contributed by atoms with Gasteiger partial charge < -0.3 is 10.6 Å². The summed E-state index contributed by atoms with van der Waals surface area (Å²) in [5, 5.41) is 0.408. The highest BCUT2D eigenvalue weighted by atomic mass is 35.5. The molecular weight excluding hydrogens is 224 g/mol. The summed E-state index contributed by atoms with van der Waals surface area (Å²) in [5.74, 6) is 1.06. The summed E-state index contributed by atoms with van der Waals surface area (Å²) >= 11 is 5.88. The number of nitrogens with zero attached hydrogens (tertiary/aromatic N) is 3. The van der Waals surface area contributed by atoms with E-state index in [1.165, 1.54) is 32.1 Å². The molecule has 0 bridgehead atoms. The Labute approximate surface area is 101 Å². The first-order valence-electron chi connectivity index (χ1n) is 5.69. The zero-order chi connectivity index (χ0) is 11.5. The van der Waals surface area contributed by atoms with Gasteiger partial charge in [-0.25, -0.2) is 4.98 Å². The van der Waals surface area contributed by atoms with Crippen LogP contribution < -0.4 is 10.6 Å². The average Bonchev–Trinajstić information content (AvgIpc) is 2.28. The van der Waals surface area contributed by atoms with Crippen molar-refractivity contribution in [3.63, 3.8) is 0 Å². The van der Waals surface area contributed by atoms with Crippen LogP contribution in [0.4, 0.5) is 11.8 Å². The summed E-state index contributed by atoms with van der Waals surface area (Å²) in [6.45, 7) is 0. The van der Waals surface area contributed by atoms with Crippen LogP contribution in [0.15, 0.2) is 6.07 Å². The number of hydrogen-bond donors (Lipinski definition) is 1. The lowest BCUT2D eigenvalue weighted by atomic mass is 9.94. The van der Waals surface area contributed by atoms with Gasteiger partial charge in [-0.3, -0.25) is 0 Å². The number of nitrogens with two attached hydrogens (primary N) is 1. The molecule has 88 valence electrons. The Hall–Kier alpha value is -1.03. The second-order valence-corrected chi connectivity index (χ2v) is 4.70. The van der Waals surface area contributed by atoms with Crippen LogP contribution in [0, 0.1) is 0 Å². The molecule has 2 N–H and O–H groups in total. The topological polar surface area (TPSA) is 55.0 Å². The molecule has 1 fully saturated rings. The SMILES string of the molecule is CN(c1cc(Cl)nc(N)n1)C1CCCCC1. The van der Waals surface area contributed by atoms with Gasteiger partial charge in [0.15, 0.2) is 0 Å². The molecule has 0 atom stereocenters. The van der Waals surface area contributed by atoms with E-state index >= 15 is 0 Å². The number of nitrogen functional groups attached to an aromatic ring is 1. The normalized spacial score (nSPS) is 17.4. The fourth-order valence-corrected chi connectivity index (χ4v) is 2.44. The molecule has 0 amide bonds. The Balaban J connectivity index is 2.15. The van der Waals surface area contributed by atoms with Gasteiger partial charge in [0.05, 0.1) is 0 Å². The molecular formula is C11H17ClN4. The van der Waals surface area contributed by atoms with E-state index in [0.29, 0.717) is 11.2 Å². The number of hydrogen-bond acceptors (Lipinski definition) is 4. The molecule has 1 aliphatic carbocycles. The first-order chi connectivity index (χ1) is 7.66. The molecule has 2 rings (SSSR count). The summed E-state index contributed by atoms with van der Waals surface area (Å²) in [7, 11) is 2.05. The van der Waals surface area contributed by atoms with Crippen molar-refractivity contribution in [3.8, 4) is 0 Å². The second-order valence-electron chi connectivity index (χ2n) is 4.31. The third kappa shape index (κ3) is 2.55.